The Morgan fingerprint density at radius 1 is 0.366 bits per heavy atom. The minimum atomic E-state index is -4.35. The summed E-state index contributed by atoms with van der Waals surface area (Å²) in [5, 5.41) is 34.1. The quantitative estimate of drug-likeness (QED) is 0.0148. The molecule has 3 unspecified atom stereocenters. The zero-order valence-electron chi connectivity index (χ0n) is 79.0. The normalized spacial score (nSPS) is 20.8. The maximum Gasteiger partial charge on any atom is 0.401 e. The van der Waals surface area contributed by atoms with E-state index in [2.05, 4.69) is 100 Å². The molecule has 5 saturated carbocycles. The van der Waals surface area contributed by atoms with Crippen LogP contribution >= 0.6 is 0 Å². The molecule has 0 bridgehead atoms. The third kappa shape index (κ3) is 27.9. The summed E-state index contributed by atoms with van der Waals surface area (Å²) in [6, 6.07) is 10.7. The van der Waals surface area contributed by atoms with Gasteiger partial charge in [-0.15, -0.1) is 0 Å². The number of rotatable bonds is 30. The molecule has 5 aromatic heterocycles. The van der Waals surface area contributed by atoms with Gasteiger partial charge in [0.15, 0.2) is 29.1 Å². The van der Waals surface area contributed by atoms with Crippen LogP contribution in [0.15, 0.2) is 61.3 Å². The lowest BCUT2D eigenvalue weighted by Gasteiger charge is -2.41. The first-order valence-corrected chi connectivity index (χ1v) is 46.6. The van der Waals surface area contributed by atoms with Crippen LogP contribution in [0.1, 0.15) is 193 Å². The van der Waals surface area contributed by atoms with E-state index in [9.17, 15) is 109 Å². The number of nitrogens with one attached hydrogen (secondary N) is 5. The van der Waals surface area contributed by atoms with Gasteiger partial charge in [-0.2, -0.15) is 78.2 Å². The molecule has 5 aliphatic carbocycles. The number of amides is 10. The van der Waals surface area contributed by atoms with Gasteiger partial charge >= 0.3 is 24.7 Å². The summed E-state index contributed by atoms with van der Waals surface area (Å²) in [5.74, 6) is -10.8. The highest BCUT2D eigenvalue weighted by Gasteiger charge is 2.66. The van der Waals surface area contributed by atoms with Crippen LogP contribution in [0.3, 0.4) is 0 Å². The van der Waals surface area contributed by atoms with Gasteiger partial charge in [-0.05, 0) is 127 Å². The molecule has 16 rings (SSSR count). The van der Waals surface area contributed by atoms with E-state index in [-0.39, 0.29) is 240 Å². The Kier molecular flexibility index (Phi) is 33.4. The fourth-order valence-corrected chi connectivity index (χ4v) is 18.9. The number of piperidine rings is 5. The number of alkyl halides is 14. The van der Waals surface area contributed by atoms with Crippen LogP contribution in [-0.4, -0.2) is 287 Å². The van der Waals surface area contributed by atoms with Gasteiger partial charge in [0.25, 0.3) is 35.5 Å². The van der Waals surface area contributed by atoms with Crippen LogP contribution in [0.2, 0.25) is 0 Å². The van der Waals surface area contributed by atoms with Crippen LogP contribution in [0.4, 0.5) is 90.6 Å². The second-order valence-electron chi connectivity index (χ2n) is 38.7. The van der Waals surface area contributed by atoms with Gasteiger partial charge in [0, 0.05) is 134 Å². The molecule has 5 aliphatic heterocycles. The van der Waals surface area contributed by atoms with Crippen molar-refractivity contribution in [3.63, 3.8) is 0 Å². The molecule has 10 fully saturated rings. The Hall–Kier alpha value is -13.8. The van der Waals surface area contributed by atoms with Crippen molar-refractivity contribution >= 4 is 88.2 Å². The monoisotopic (exact) mass is 2050 g/mol. The van der Waals surface area contributed by atoms with Crippen molar-refractivity contribution in [2.45, 2.75) is 194 Å². The number of halogens is 14. The Morgan fingerprint density at radius 3 is 0.807 bits per heavy atom. The number of nitrogens with zero attached hydrogens (tertiary/aromatic N) is 20. The lowest BCUT2D eigenvalue weighted by Crippen LogP contribution is -2.50. The average Bonchev–Trinajstić information content (AvgIpc) is 1.54. The maximum absolute atomic E-state index is 13.1. The van der Waals surface area contributed by atoms with E-state index < -0.39 is 138 Å². The van der Waals surface area contributed by atoms with E-state index in [1.54, 1.807) is 10.9 Å². The Balaban J connectivity index is 0.000000162. The van der Waals surface area contributed by atoms with E-state index in [1.807, 2.05) is 18.2 Å². The first-order chi connectivity index (χ1) is 68.1. The molecule has 1 spiro atoms. The summed E-state index contributed by atoms with van der Waals surface area (Å²) in [6.45, 7) is 38.5. The van der Waals surface area contributed by atoms with E-state index in [0.29, 0.717) is 0 Å². The van der Waals surface area contributed by atoms with Gasteiger partial charge in [-0.1, -0.05) is 30.3 Å². The van der Waals surface area contributed by atoms with Crippen molar-refractivity contribution in [2.75, 3.05) is 151 Å². The Morgan fingerprint density at radius 2 is 0.600 bits per heavy atom. The van der Waals surface area contributed by atoms with Crippen LogP contribution in [-0.2, 0) is 51.7 Å². The third-order valence-corrected chi connectivity index (χ3v) is 28.2. The largest absolute Gasteiger partial charge is 0.401 e. The van der Waals surface area contributed by atoms with Gasteiger partial charge in [0.2, 0.25) is 62.3 Å². The molecule has 0 radical (unpaired) electrons. The number of nitrogens with two attached hydrogens (primary N) is 5. The molecule has 6 aromatic rings. The second-order valence-corrected chi connectivity index (χ2v) is 38.7. The molecule has 40 nitrogen and oxygen atoms in total. The number of aromatic nitrogens is 10. The molecule has 145 heavy (non-hydrogen) atoms. The van der Waals surface area contributed by atoms with E-state index in [4.69, 9.17) is 61.5 Å². The number of hydrogen-bond acceptors (Lipinski definition) is 20. The van der Waals surface area contributed by atoms with Gasteiger partial charge in [-0.25, -0.2) is 41.6 Å². The van der Waals surface area contributed by atoms with Gasteiger partial charge in [0.1, 0.15) is 61.4 Å². The van der Waals surface area contributed by atoms with Crippen molar-refractivity contribution in [3.8, 4) is 0 Å². The van der Waals surface area contributed by atoms with Crippen LogP contribution in [0.5, 0.6) is 0 Å². The summed E-state index contributed by atoms with van der Waals surface area (Å²) >= 11 is 0. The molecule has 3 atom stereocenters. The second kappa shape index (κ2) is 44.0. The highest BCUT2D eigenvalue weighted by molar-refractivity contribution is 6.06. The SMILES string of the molecule is [C-]#[N+]CC1(n2cc(C(N)=O)c(NC(=O)C3CC3(F)F)n2)CCN(CC(F)(F)F)CC1.[C-]#[N+]CC1(n2cc(C(N)=O)c(NC(=O)C3CC3)n2)CCN(C(C)c2ccccc2)CC1.[C-]#[N+]CC1(n2cc(C(N)=O)c(NC(=O)C3CC3)n2)CCN(CC(F)(F)F)CC1.[C-]#[N+]CC1(n2cc(C(N)=O)c(NC(=O)C3CC34CC4)n2)CCN(CC(F)(F)F)CC1.[C-]#[N+]CC1(n2cc(C(N)=O)c(NC(C)=O)n2)CCN(CC(F)(F)F)CC1. The topological polar surface area (TPSA) is 488 Å². The van der Waals surface area contributed by atoms with Crippen LogP contribution in [0, 0.1) is 61.9 Å². The highest BCUT2D eigenvalue weighted by Crippen LogP contribution is 2.71. The van der Waals surface area contributed by atoms with Gasteiger partial charge in [-0.3, -0.25) is 95.9 Å². The smallest absolute Gasteiger partial charge is 0.365 e. The van der Waals surface area contributed by atoms with Crippen molar-refractivity contribution in [3.05, 3.63) is 152 Å². The molecule has 10 heterocycles. The number of likely N-dealkylation sites (tertiary alicyclic amines) is 5. The summed E-state index contributed by atoms with van der Waals surface area (Å²) in [7, 11) is 0. The van der Waals surface area contributed by atoms with Crippen molar-refractivity contribution in [1.29, 1.82) is 0 Å². The van der Waals surface area contributed by atoms with Crippen molar-refractivity contribution < 1.29 is 109 Å². The molecular formula is C91H110F14N30O10. The maximum atomic E-state index is 13.1. The first-order valence-electron chi connectivity index (χ1n) is 46.6. The molecule has 15 N–H and O–H groups in total. The van der Waals surface area contributed by atoms with E-state index in [0.717, 1.165) is 70.9 Å². The molecule has 10 aliphatic rings. The molecule has 54 heteroatoms. The lowest BCUT2D eigenvalue weighted by atomic mass is 9.86. The number of carbonyl (C=O) groups is 10. The minimum Gasteiger partial charge on any atom is -0.365 e. The summed E-state index contributed by atoms with van der Waals surface area (Å²) in [6.07, 6.45) is -1.42. The molecule has 1 aromatic carbocycles. The standard InChI is InChI=1S/C23H28N6O2.C19H23F3N6O2.C17H19F5N6O2.C17H21F3N6O2.C15H19F3N6O2/c1-16(17-6-4-3-5-7-17)28-12-10-23(11-13-28,15-25-2)29-14-19(20(24)30)21(27-29)26-22(31)18-8-9-18;1-24-10-18(4-6-27(7-5-18)11-19(20,21)22)28-9-12(14(23)29)15(26-28)25-16(30)13-8-17(13)2-3-17;1-24-8-15(2-4-27(5-3-15)9-17(20,21)22)28-7-10(12(23)29)13(26-28)25-14(30)11-6-16(11,18)19;1-22-9-16(4-6-25(7-5-16)10-17(18,19)20)26-8-12(13(21)27)14(24-26)23-15(28)11-2-3-11;1-10(25)21-13-11(12(19)26)7-24(22-13)14(8-20-2)3-5-23(6-4-14)9-15(16,17)18/h3-7,14,16,18H,8-13,15H2,1H3,(H2,24,30)(H,26,27,31);9,13H,2-8,10-11H2,(H2,23,29)(H,25,26,30);7,11H,2-6,8-9H2,(H2,23,29)(H,25,26,30);8,11H,2-7,9-10H2,(H2,21,27)(H,23,24,28);7H,3-6,8-9H2,1H3,(H2,19,26)(H,21,22,25). The molecule has 782 valence electrons. The van der Waals surface area contributed by atoms with E-state index >= 15 is 0 Å². The zero-order chi connectivity index (χ0) is 106. The van der Waals surface area contributed by atoms with Crippen molar-refractivity contribution in [1.82, 2.24) is 73.4 Å². The third-order valence-electron chi connectivity index (χ3n) is 28.2. The summed E-state index contributed by atoms with van der Waals surface area (Å²) in [4.78, 5) is 144. The predicted molar refractivity (Wildman–Crippen MR) is 491 cm³/mol. The number of hydrogen-bond donors (Lipinski definition) is 10. The number of carbonyl (C=O) groups excluding carboxylic acids is 10. The highest BCUT2D eigenvalue weighted by atomic mass is 19.4. The molecule has 5 saturated heterocycles. The van der Waals surface area contributed by atoms with E-state index in [1.165, 1.54) is 75.6 Å². The zero-order valence-corrected chi connectivity index (χ0v) is 79.0. The van der Waals surface area contributed by atoms with Crippen LogP contribution < -0.4 is 55.3 Å². The lowest BCUT2D eigenvalue weighted by molar-refractivity contribution is -0.150. The van der Waals surface area contributed by atoms with Crippen LogP contribution in [0.25, 0.3) is 24.2 Å². The number of benzene rings is 1. The van der Waals surface area contributed by atoms with Crippen molar-refractivity contribution in [2.24, 2.45) is 57.8 Å². The number of primary amides is 5. The Labute approximate surface area is 821 Å². The Bertz CT molecular complexity index is 5840. The van der Waals surface area contributed by atoms with Gasteiger partial charge < -0.3 is 79.5 Å². The number of anilines is 5. The first kappa shape index (κ1) is 110. The molecule has 10 amide bonds. The van der Waals surface area contributed by atoms with Gasteiger partial charge in [0.05, 0.1) is 26.2 Å². The predicted octanol–water partition coefficient (Wildman–Crippen LogP) is 9.46. The summed E-state index contributed by atoms with van der Waals surface area (Å²) < 4.78 is 185. The average molecular weight is 2050 g/mol. The summed E-state index contributed by atoms with van der Waals surface area (Å²) in [5.41, 5.74) is 24.3. The molecular weight excluding hydrogens is 1940 g/mol. The minimum absolute atomic E-state index is 0.00273. The fourth-order valence-electron chi connectivity index (χ4n) is 18.9. The fraction of sp³-hybridized carbons (Fsp3) is 0.604.